The quantitative estimate of drug-likeness (QED) is 0.445. The summed E-state index contributed by atoms with van der Waals surface area (Å²) in [7, 11) is 0. The van der Waals surface area contributed by atoms with Gasteiger partial charge in [0.25, 0.3) is 0 Å². The van der Waals surface area contributed by atoms with Crippen LogP contribution in [0.3, 0.4) is 0 Å². The van der Waals surface area contributed by atoms with Gasteiger partial charge in [-0.3, -0.25) is 0 Å². The van der Waals surface area contributed by atoms with E-state index in [1.54, 1.807) is 24.3 Å². The summed E-state index contributed by atoms with van der Waals surface area (Å²) in [5.41, 5.74) is 11.5. The molecule has 0 amide bonds. The molecular formula is C19H16N4O5. The van der Waals surface area contributed by atoms with Crippen molar-refractivity contribution in [2.45, 2.75) is 6.61 Å². The lowest BCUT2D eigenvalue weighted by atomic mass is 10.2. The van der Waals surface area contributed by atoms with Crippen LogP contribution in [0.4, 0.5) is 11.8 Å². The molecule has 5 N–H and O–H groups in total. The number of phenols is 1. The van der Waals surface area contributed by atoms with Crippen molar-refractivity contribution in [3.05, 3.63) is 71.4 Å². The molecule has 0 radical (unpaired) electrons. The van der Waals surface area contributed by atoms with E-state index in [4.69, 9.17) is 20.9 Å². The third kappa shape index (κ3) is 4.15. The molecule has 0 unspecified atom stereocenters. The number of para-hydroxylation sites is 2. The Bertz CT molecular complexity index is 1040. The molecule has 0 atom stereocenters. The highest BCUT2D eigenvalue weighted by molar-refractivity contribution is 5.97. The number of hydrogen-bond donors (Lipinski definition) is 3. The zero-order chi connectivity index (χ0) is 20.1. The summed E-state index contributed by atoms with van der Waals surface area (Å²) < 4.78 is 10.5. The number of anilines is 2. The SMILES string of the molecule is Nc1ncc(COC(=O)c2ccccc2OC(=O)c2ccccc2O)c(N)n1. The highest BCUT2D eigenvalue weighted by atomic mass is 16.5. The molecule has 142 valence electrons. The van der Waals surface area contributed by atoms with E-state index in [2.05, 4.69) is 9.97 Å². The van der Waals surface area contributed by atoms with Crippen LogP contribution in [-0.4, -0.2) is 27.0 Å². The normalized spacial score (nSPS) is 10.3. The first-order valence-electron chi connectivity index (χ1n) is 8.09. The Morgan fingerprint density at radius 3 is 2.36 bits per heavy atom. The number of carbonyl (C=O) groups excluding carboxylic acids is 2. The van der Waals surface area contributed by atoms with Crippen LogP contribution in [0.1, 0.15) is 26.3 Å². The summed E-state index contributed by atoms with van der Waals surface area (Å²) in [5, 5.41) is 9.77. The van der Waals surface area contributed by atoms with Crippen LogP contribution in [0.25, 0.3) is 0 Å². The van der Waals surface area contributed by atoms with Crippen molar-refractivity contribution in [1.29, 1.82) is 0 Å². The van der Waals surface area contributed by atoms with E-state index in [-0.39, 0.29) is 41.0 Å². The summed E-state index contributed by atoms with van der Waals surface area (Å²) in [4.78, 5) is 32.3. The fourth-order valence-corrected chi connectivity index (χ4v) is 2.29. The summed E-state index contributed by atoms with van der Waals surface area (Å²) in [5.74, 6) is -1.69. The largest absolute Gasteiger partial charge is 0.507 e. The summed E-state index contributed by atoms with van der Waals surface area (Å²) in [6.45, 7) is -0.188. The molecule has 0 aliphatic rings. The van der Waals surface area contributed by atoms with Crippen LogP contribution in [0, 0.1) is 0 Å². The number of nitrogens with zero attached hydrogens (tertiary/aromatic N) is 2. The number of aromatic hydroxyl groups is 1. The Morgan fingerprint density at radius 2 is 1.64 bits per heavy atom. The van der Waals surface area contributed by atoms with Gasteiger partial charge in [-0.25, -0.2) is 14.6 Å². The maximum Gasteiger partial charge on any atom is 0.347 e. The molecule has 9 heteroatoms. The van der Waals surface area contributed by atoms with E-state index in [1.807, 2.05) is 0 Å². The standard InChI is InChI=1S/C19H16N4O5/c20-16-11(9-22-19(21)23-16)10-27-17(25)13-6-2-4-8-15(13)28-18(26)12-5-1-3-7-14(12)24/h1-9,24H,10H2,(H4,20,21,22,23). The first-order chi connectivity index (χ1) is 13.5. The van der Waals surface area contributed by atoms with Gasteiger partial charge in [0.2, 0.25) is 5.95 Å². The Kier molecular flexibility index (Phi) is 5.35. The van der Waals surface area contributed by atoms with Crippen molar-refractivity contribution in [3.8, 4) is 11.5 Å². The van der Waals surface area contributed by atoms with E-state index in [9.17, 15) is 14.7 Å². The number of carbonyl (C=O) groups is 2. The number of nitrogen functional groups attached to an aromatic ring is 2. The summed E-state index contributed by atoms with van der Waals surface area (Å²) in [6.07, 6.45) is 1.36. The number of rotatable bonds is 5. The van der Waals surface area contributed by atoms with Gasteiger partial charge >= 0.3 is 11.9 Å². The highest BCUT2D eigenvalue weighted by Gasteiger charge is 2.19. The number of ether oxygens (including phenoxy) is 2. The van der Waals surface area contributed by atoms with Crippen LogP contribution in [-0.2, 0) is 11.3 Å². The van der Waals surface area contributed by atoms with Crippen LogP contribution in [0.15, 0.2) is 54.7 Å². The van der Waals surface area contributed by atoms with Crippen molar-refractivity contribution < 1.29 is 24.2 Å². The Labute approximate surface area is 159 Å². The van der Waals surface area contributed by atoms with Gasteiger partial charge in [-0.05, 0) is 24.3 Å². The van der Waals surface area contributed by atoms with Crippen LogP contribution >= 0.6 is 0 Å². The second-order valence-electron chi connectivity index (χ2n) is 5.62. The number of benzene rings is 2. The fourth-order valence-electron chi connectivity index (χ4n) is 2.29. The molecule has 0 saturated carbocycles. The van der Waals surface area contributed by atoms with Gasteiger partial charge in [-0.15, -0.1) is 0 Å². The van der Waals surface area contributed by atoms with Gasteiger partial charge < -0.3 is 26.0 Å². The Hall–Kier alpha value is -4.14. The molecule has 0 aliphatic heterocycles. The molecule has 2 aromatic carbocycles. The maximum absolute atomic E-state index is 12.4. The predicted octanol–water partition coefficient (Wildman–Crippen LogP) is 1.92. The van der Waals surface area contributed by atoms with Gasteiger partial charge in [0.15, 0.2) is 0 Å². The third-order valence-corrected chi connectivity index (χ3v) is 3.71. The van der Waals surface area contributed by atoms with Crippen LogP contribution in [0.5, 0.6) is 11.5 Å². The monoisotopic (exact) mass is 380 g/mol. The molecule has 3 aromatic rings. The summed E-state index contributed by atoms with van der Waals surface area (Å²) in [6, 6.07) is 12.0. The molecule has 1 aromatic heterocycles. The minimum Gasteiger partial charge on any atom is -0.507 e. The third-order valence-electron chi connectivity index (χ3n) is 3.71. The highest BCUT2D eigenvalue weighted by Crippen LogP contribution is 2.23. The molecule has 0 saturated heterocycles. The summed E-state index contributed by atoms with van der Waals surface area (Å²) >= 11 is 0. The average molecular weight is 380 g/mol. The average Bonchev–Trinajstić information content (AvgIpc) is 2.68. The second-order valence-corrected chi connectivity index (χ2v) is 5.62. The van der Waals surface area contributed by atoms with Crippen molar-refractivity contribution in [2.24, 2.45) is 0 Å². The van der Waals surface area contributed by atoms with Crippen LogP contribution in [0.2, 0.25) is 0 Å². The van der Waals surface area contributed by atoms with Gasteiger partial charge in [0.1, 0.15) is 35.1 Å². The van der Waals surface area contributed by atoms with Gasteiger partial charge in [-0.2, -0.15) is 4.98 Å². The maximum atomic E-state index is 12.4. The van der Waals surface area contributed by atoms with Gasteiger partial charge in [-0.1, -0.05) is 24.3 Å². The lowest BCUT2D eigenvalue weighted by Gasteiger charge is -2.11. The molecule has 9 nitrogen and oxygen atoms in total. The lowest BCUT2D eigenvalue weighted by molar-refractivity contribution is 0.0468. The minimum absolute atomic E-state index is 0.00833. The Morgan fingerprint density at radius 1 is 0.964 bits per heavy atom. The molecule has 0 spiro atoms. The zero-order valence-corrected chi connectivity index (χ0v) is 14.5. The second kappa shape index (κ2) is 8.04. The Balaban J connectivity index is 1.75. The molecule has 1 heterocycles. The molecule has 0 aliphatic carbocycles. The number of nitrogens with two attached hydrogens (primary N) is 2. The topological polar surface area (TPSA) is 151 Å². The van der Waals surface area contributed by atoms with Crippen molar-refractivity contribution in [1.82, 2.24) is 9.97 Å². The smallest absolute Gasteiger partial charge is 0.347 e. The minimum atomic E-state index is -0.811. The number of hydrogen-bond acceptors (Lipinski definition) is 9. The van der Waals surface area contributed by atoms with Gasteiger partial charge in [0, 0.05) is 6.20 Å². The molecule has 28 heavy (non-hydrogen) atoms. The van der Waals surface area contributed by atoms with Gasteiger partial charge in [0.05, 0.1) is 5.56 Å². The van der Waals surface area contributed by atoms with E-state index in [1.165, 1.54) is 30.5 Å². The van der Waals surface area contributed by atoms with E-state index in [0.29, 0.717) is 5.56 Å². The number of phenolic OH excluding ortho intramolecular Hbond substituents is 1. The zero-order valence-electron chi connectivity index (χ0n) is 14.5. The van der Waals surface area contributed by atoms with Crippen molar-refractivity contribution in [3.63, 3.8) is 0 Å². The molecule has 3 rings (SSSR count). The fraction of sp³-hybridized carbons (Fsp3) is 0.0526. The predicted molar refractivity (Wildman–Crippen MR) is 99.5 cm³/mol. The van der Waals surface area contributed by atoms with E-state index in [0.717, 1.165) is 0 Å². The molecular weight excluding hydrogens is 364 g/mol. The van der Waals surface area contributed by atoms with Crippen molar-refractivity contribution in [2.75, 3.05) is 11.5 Å². The van der Waals surface area contributed by atoms with Crippen LogP contribution < -0.4 is 16.2 Å². The number of esters is 2. The van der Waals surface area contributed by atoms with E-state index < -0.39 is 11.9 Å². The van der Waals surface area contributed by atoms with E-state index >= 15 is 0 Å². The first-order valence-corrected chi connectivity index (χ1v) is 8.09. The first kappa shape index (κ1) is 18.6. The number of aromatic nitrogens is 2. The van der Waals surface area contributed by atoms with Crippen molar-refractivity contribution >= 4 is 23.7 Å². The molecule has 0 fully saturated rings. The molecule has 0 bridgehead atoms. The lowest BCUT2D eigenvalue weighted by Crippen LogP contribution is -2.13.